The van der Waals surface area contributed by atoms with E-state index in [4.69, 9.17) is 9.47 Å². The normalized spacial score (nSPS) is 20.1. The van der Waals surface area contributed by atoms with Gasteiger partial charge < -0.3 is 14.8 Å². The lowest BCUT2D eigenvalue weighted by Gasteiger charge is -2.32. The molecule has 1 N–H and O–H groups in total. The lowest BCUT2D eigenvalue weighted by atomic mass is 9.81. The zero-order valence-electron chi connectivity index (χ0n) is 13.7. The molecule has 2 aromatic carbocycles. The fraction of sp³-hybridized carbons (Fsp3) is 0.368. The highest BCUT2D eigenvalue weighted by atomic mass is 35.5. The van der Waals surface area contributed by atoms with Gasteiger partial charge in [0.15, 0.2) is 0 Å². The molecular formula is C19H23ClFNO2. The van der Waals surface area contributed by atoms with Gasteiger partial charge in [0, 0.05) is 12.5 Å². The second-order valence-electron chi connectivity index (χ2n) is 5.90. The number of ether oxygens (including phenoxy) is 2. The Balaban J connectivity index is 0.00000208. The predicted octanol–water partition coefficient (Wildman–Crippen LogP) is 4.03. The Morgan fingerprint density at radius 1 is 1.04 bits per heavy atom. The third-order valence-corrected chi connectivity index (χ3v) is 4.43. The number of hydrogen-bond donors (Lipinski definition) is 1. The van der Waals surface area contributed by atoms with Gasteiger partial charge in [-0.3, -0.25) is 0 Å². The van der Waals surface area contributed by atoms with E-state index < -0.39 is 0 Å². The van der Waals surface area contributed by atoms with Crippen molar-refractivity contribution in [2.45, 2.75) is 12.3 Å². The Morgan fingerprint density at radius 2 is 1.71 bits per heavy atom. The lowest BCUT2D eigenvalue weighted by Crippen LogP contribution is -2.38. The number of piperidine rings is 1. The van der Waals surface area contributed by atoms with Crippen LogP contribution in [0.4, 0.5) is 4.39 Å². The monoisotopic (exact) mass is 351 g/mol. The van der Waals surface area contributed by atoms with E-state index in [1.54, 1.807) is 19.2 Å². The molecule has 3 nitrogen and oxygen atoms in total. The van der Waals surface area contributed by atoms with E-state index >= 15 is 0 Å². The first kappa shape index (κ1) is 18.6. The van der Waals surface area contributed by atoms with Gasteiger partial charge in [-0.25, -0.2) is 4.39 Å². The minimum absolute atomic E-state index is 0. The van der Waals surface area contributed by atoms with Crippen molar-refractivity contribution in [1.29, 1.82) is 0 Å². The molecule has 0 bridgehead atoms. The van der Waals surface area contributed by atoms with E-state index in [1.165, 1.54) is 5.56 Å². The molecule has 1 aliphatic heterocycles. The molecule has 0 amide bonds. The average Bonchev–Trinajstić information content (AvgIpc) is 2.61. The van der Waals surface area contributed by atoms with Crippen LogP contribution in [0.2, 0.25) is 0 Å². The van der Waals surface area contributed by atoms with Crippen molar-refractivity contribution in [2.75, 3.05) is 26.8 Å². The van der Waals surface area contributed by atoms with E-state index in [1.807, 2.05) is 36.4 Å². The summed E-state index contributed by atoms with van der Waals surface area (Å²) in [4.78, 5) is 0. The van der Waals surface area contributed by atoms with Crippen LogP contribution in [-0.2, 0) is 0 Å². The van der Waals surface area contributed by atoms with E-state index in [-0.39, 0.29) is 18.2 Å². The molecule has 130 valence electrons. The number of benzene rings is 2. The molecule has 0 aromatic heterocycles. The summed E-state index contributed by atoms with van der Waals surface area (Å²) < 4.78 is 24.2. The Hall–Kier alpha value is -1.78. The fourth-order valence-electron chi connectivity index (χ4n) is 3.12. The molecule has 1 saturated heterocycles. The van der Waals surface area contributed by atoms with Crippen molar-refractivity contribution in [3.63, 3.8) is 0 Å². The van der Waals surface area contributed by atoms with Crippen LogP contribution in [0, 0.1) is 11.7 Å². The van der Waals surface area contributed by atoms with Gasteiger partial charge in [0.05, 0.1) is 13.7 Å². The quantitative estimate of drug-likeness (QED) is 0.882. The third-order valence-electron chi connectivity index (χ3n) is 4.43. The van der Waals surface area contributed by atoms with E-state index in [2.05, 4.69) is 5.32 Å². The van der Waals surface area contributed by atoms with Crippen LogP contribution in [-0.4, -0.2) is 26.8 Å². The summed E-state index contributed by atoms with van der Waals surface area (Å²) in [6.07, 6.45) is 1.04. The zero-order valence-corrected chi connectivity index (χ0v) is 14.5. The van der Waals surface area contributed by atoms with Crippen molar-refractivity contribution < 1.29 is 13.9 Å². The van der Waals surface area contributed by atoms with E-state index in [0.717, 1.165) is 31.0 Å². The maximum atomic E-state index is 13.1. The second kappa shape index (κ2) is 8.90. The molecule has 0 aliphatic carbocycles. The first-order valence-corrected chi connectivity index (χ1v) is 7.99. The highest BCUT2D eigenvalue weighted by molar-refractivity contribution is 5.85. The van der Waals surface area contributed by atoms with Gasteiger partial charge in [0.25, 0.3) is 0 Å². The molecule has 2 aromatic rings. The molecule has 5 heteroatoms. The minimum Gasteiger partial charge on any atom is -0.497 e. The fourth-order valence-corrected chi connectivity index (χ4v) is 3.12. The van der Waals surface area contributed by atoms with Crippen LogP contribution >= 0.6 is 12.4 Å². The van der Waals surface area contributed by atoms with Crippen LogP contribution in [0.1, 0.15) is 17.9 Å². The average molecular weight is 352 g/mol. The molecule has 1 aliphatic rings. The van der Waals surface area contributed by atoms with Crippen molar-refractivity contribution in [3.05, 3.63) is 59.9 Å². The van der Waals surface area contributed by atoms with Gasteiger partial charge in [0.2, 0.25) is 0 Å². The topological polar surface area (TPSA) is 30.5 Å². The number of methoxy groups -OCH3 is 1. The largest absolute Gasteiger partial charge is 0.497 e. The smallest absolute Gasteiger partial charge is 0.123 e. The van der Waals surface area contributed by atoms with Gasteiger partial charge in [-0.1, -0.05) is 12.1 Å². The predicted molar refractivity (Wildman–Crippen MR) is 95.9 cm³/mol. The highest BCUT2D eigenvalue weighted by Gasteiger charge is 2.27. The zero-order chi connectivity index (χ0) is 16.1. The van der Waals surface area contributed by atoms with Gasteiger partial charge >= 0.3 is 0 Å². The third kappa shape index (κ3) is 4.62. The van der Waals surface area contributed by atoms with Gasteiger partial charge in [-0.2, -0.15) is 0 Å². The van der Waals surface area contributed by atoms with E-state index in [0.29, 0.717) is 18.4 Å². The SMILES string of the molecule is COc1ccc(OCC2CNCCC2c2ccc(F)cc2)cc1.Cl. The molecule has 0 spiro atoms. The summed E-state index contributed by atoms with van der Waals surface area (Å²) in [6, 6.07) is 14.5. The summed E-state index contributed by atoms with van der Waals surface area (Å²) >= 11 is 0. The van der Waals surface area contributed by atoms with Crippen LogP contribution in [0.15, 0.2) is 48.5 Å². The molecule has 1 heterocycles. The van der Waals surface area contributed by atoms with Crippen molar-refractivity contribution in [2.24, 2.45) is 5.92 Å². The highest BCUT2D eigenvalue weighted by Crippen LogP contribution is 2.31. The Labute approximate surface area is 148 Å². The van der Waals surface area contributed by atoms with Crippen LogP contribution in [0.5, 0.6) is 11.5 Å². The van der Waals surface area contributed by atoms with Gasteiger partial charge in [-0.05, 0) is 60.8 Å². The maximum absolute atomic E-state index is 13.1. The van der Waals surface area contributed by atoms with Crippen molar-refractivity contribution >= 4 is 12.4 Å². The second-order valence-corrected chi connectivity index (χ2v) is 5.90. The lowest BCUT2D eigenvalue weighted by molar-refractivity contribution is 0.197. The molecule has 3 rings (SSSR count). The Bertz CT molecular complexity index is 618. The maximum Gasteiger partial charge on any atom is 0.123 e. The number of hydrogen-bond acceptors (Lipinski definition) is 3. The minimum atomic E-state index is -0.186. The molecular weight excluding hydrogens is 329 g/mol. The number of rotatable bonds is 5. The summed E-state index contributed by atoms with van der Waals surface area (Å²) in [5, 5.41) is 3.43. The summed E-state index contributed by atoms with van der Waals surface area (Å²) in [5.74, 6) is 2.25. The number of nitrogens with one attached hydrogen (secondary N) is 1. The van der Waals surface area contributed by atoms with Crippen LogP contribution < -0.4 is 14.8 Å². The summed E-state index contributed by atoms with van der Waals surface area (Å²) in [7, 11) is 1.65. The molecule has 0 radical (unpaired) electrons. The van der Waals surface area contributed by atoms with E-state index in [9.17, 15) is 4.39 Å². The standard InChI is InChI=1S/C19H22FNO2.ClH/c1-22-17-6-8-18(9-7-17)23-13-15-12-21-11-10-19(15)14-2-4-16(20)5-3-14;/h2-9,15,19,21H,10-13H2,1H3;1H. The Morgan fingerprint density at radius 3 is 2.38 bits per heavy atom. The first-order valence-electron chi connectivity index (χ1n) is 7.99. The van der Waals surface area contributed by atoms with Crippen LogP contribution in [0.25, 0.3) is 0 Å². The van der Waals surface area contributed by atoms with Crippen molar-refractivity contribution in [3.8, 4) is 11.5 Å². The van der Waals surface area contributed by atoms with Crippen LogP contribution in [0.3, 0.4) is 0 Å². The molecule has 2 unspecified atom stereocenters. The molecule has 24 heavy (non-hydrogen) atoms. The molecule has 0 saturated carbocycles. The molecule has 2 atom stereocenters. The summed E-state index contributed by atoms with van der Waals surface area (Å²) in [6.45, 7) is 2.54. The summed E-state index contributed by atoms with van der Waals surface area (Å²) in [5.41, 5.74) is 1.19. The molecule has 1 fully saturated rings. The Kier molecular flexibility index (Phi) is 6.88. The van der Waals surface area contributed by atoms with Gasteiger partial charge in [-0.15, -0.1) is 12.4 Å². The number of halogens is 2. The first-order chi connectivity index (χ1) is 11.3. The van der Waals surface area contributed by atoms with Crippen molar-refractivity contribution in [1.82, 2.24) is 5.32 Å². The van der Waals surface area contributed by atoms with Gasteiger partial charge in [0.1, 0.15) is 17.3 Å².